The highest BCUT2D eigenvalue weighted by Crippen LogP contribution is 2.30. The van der Waals surface area contributed by atoms with Gasteiger partial charge in [0.05, 0.1) is 0 Å². The molecular weight excluding hydrogens is 474 g/mol. The summed E-state index contributed by atoms with van der Waals surface area (Å²) in [6.45, 7) is 7.27. The van der Waals surface area contributed by atoms with Gasteiger partial charge in [0.25, 0.3) is 5.91 Å². The van der Waals surface area contributed by atoms with E-state index in [0.717, 1.165) is 44.5 Å². The van der Waals surface area contributed by atoms with Crippen molar-refractivity contribution in [3.63, 3.8) is 0 Å². The summed E-state index contributed by atoms with van der Waals surface area (Å²) in [4.78, 5) is 26.1. The van der Waals surface area contributed by atoms with Crippen LogP contribution < -0.4 is 5.32 Å². The molecule has 0 atom stereocenters. The number of carbonyl (C=O) groups excluding carboxylic acids is 1. The second-order valence-electron chi connectivity index (χ2n) is 10.6. The summed E-state index contributed by atoms with van der Waals surface area (Å²) >= 11 is 0. The number of aromatic nitrogens is 2. The number of amidine groups is 2. The van der Waals surface area contributed by atoms with E-state index in [2.05, 4.69) is 32.5 Å². The van der Waals surface area contributed by atoms with Crippen molar-refractivity contribution in [2.75, 3.05) is 25.0 Å². The zero-order valence-electron chi connectivity index (χ0n) is 22.1. The van der Waals surface area contributed by atoms with Crippen LogP contribution in [0, 0.1) is 16.7 Å². The summed E-state index contributed by atoms with van der Waals surface area (Å²) in [6, 6.07) is 7.13. The number of likely N-dealkylation sites (tertiary alicyclic amines) is 1. The Morgan fingerprint density at radius 1 is 1.08 bits per heavy atom. The molecule has 0 aromatic carbocycles. The van der Waals surface area contributed by atoms with Crippen molar-refractivity contribution in [2.24, 2.45) is 5.92 Å². The summed E-state index contributed by atoms with van der Waals surface area (Å²) in [5.74, 6) is 1.29. The van der Waals surface area contributed by atoms with Gasteiger partial charge in [0, 0.05) is 38.8 Å². The fourth-order valence-electron chi connectivity index (χ4n) is 5.81. The van der Waals surface area contributed by atoms with E-state index in [-0.39, 0.29) is 11.7 Å². The lowest BCUT2D eigenvalue weighted by molar-refractivity contribution is 0.102. The third-order valence-corrected chi connectivity index (χ3v) is 8.00. The number of pyridine rings is 2. The standard InChI is InChI=1S/C30H37N7O/c1-2-21(22-9-4-3-5-10-22)19-36-16-14-23-18-33-26(17-24(23)20-36)30(38)35-28-13-8-11-25(34-28)29(32)37-15-7-6-12-27(37)31/h8,11,13,17-18,22,31-32H,1,3-7,9-10,12,14-16,19-20H2,(H,34,35,38). The fraction of sp³-hybridized carbons (Fsp3) is 0.467. The van der Waals surface area contributed by atoms with Gasteiger partial charge < -0.3 is 10.2 Å². The first kappa shape index (κ1) is 26.0. The number of nitrogens with zero attached hydrogens (tertiary/aromatic N) is 4. The molecule has 0 unspecified atom stereocenters. The molecule has 2 aromatic heterocycles. The molecule has 8 heteroatoms. The van der Waals surface area contributed by atoms with Crippen LogP contribution in [0.2, 0.25) is 0 Å². The Bertz CT molecular complexity index is 1270. The SMILES string of the molecule is C=C=C(CN1CCc2cnc(C(=O)Nc3cccc(C(=N)N4CCCCC4=N)n3)cc2C1)C1CCCCC1. The molecule has 38 heavy (non-hydrogen) atoms. The number of fused-ring (bicyclic) bond motifs is 1. The third kappa shape index (κ3) is 5.93. The molecule has 0 bridgehead atoms. The van der Waals surface area contributed by atoms with E-state index < -0.39 is 0 Å². The maximum absolute atomic E-state index is 13.1. The van der Waals surface area contributed by atoms with Crippen LogP contribution in [-0.2, 0) is 13.0 Å². The van der Waals surface area contributed by atoms with Crippen LogP contribution in [0.15, 0.2) is 48.3 Å². The highest BCUT2D eigenvalue weighted by atomic mass is 16.1. The van der Waals surface area contributed by atoms with Crippen molar-refractivity contribution in [1.29, 1.82) is 10.8 Å². The zero-order valence-corrected chi connectivity index (χ0v) is 22.1. The molecule has 0 radical (unpaired) electrons. The highest BCUT2D eigenvalue weighted by molar-refractivity contribution is 6.07. The summed E-state index contributed by atoms with van der Waals surface area (Å²) in [7, 11) is 0. The third-order valence-electron chi connectivity index (χ3n) is 8.00. The molecule has 5 rings (SSSR count). The van der Waals surface area contributed by atoms with E-state index in [9.17, 15) is 4.79 Å². The van der Waals surface area contributed by atoms with E-state index in [1.807, 2.05) is 12.3 Å². The summed E-state index contributed by atoms with van der Waals surface area (Å²) in [5.41, 5.74) is 7.70. The van der Waals surface area contributed by atoms with Crippen molar-refractivity contribution >= 4 is 23.4 Å². The van der Waals surface area contributed by atoms with Gasteiger partial charge in [-0.15, -0.1) is 5.73 Å². The van der Waals surface area contributed by atoms with Crippen molar-refractivity contribution < 1.29 is 4.79 Å². The number of hydrogen-bond acceptors (Lipinski definition) is 6. The Balaban J connectivity index is 1.24. The van der Waals surface area contributed by atoms with Gasteiger partial charge in [0.2, 0.25) is 0 Å². The number of carbonyl (C=O) groups is 1. The molecule has 198 valence electrons. The van der Waals surface area contributed by atoms with Crippen molar-refractivity contribution in [2.45, 2.75) is 64.3 Å². The van der Waals surface area contributed by atoms with Gasteiger partial charge in [-0.05, 0) is 72.9 Å². The average molecular weight is 512 g/mol. The van der Waals surface area contributed by atoms with Gasteiger partial charge in [0.15, 0.2) is 5.84 Å². The molecule has 1 aliphatic carbocycles. The largest absolute Gasteiger partial charge is 0.314 e. The number of hydrogen-bond donors (Lipinski definition) is 3. The van der Waals surface area contributed by atoms with Crippen molar-refractivity contribution in [3.8, 4) is 0 Å². The number of amides is 1. The number of anilines is 1. The maximum atomic E-state index is 13.1. The van der Waals surface area contributed by atoms with Crippen LogP contribution in [-0.4, -0.2) is 57.0 Å². The van der Waals surface area contributed by atoms with Crippen molar-refractivity contribution in [1.82, 2.24) is 19.8 Å². The Kier molecular flexibility index (Phi) is 8.11. The summed E-state index contributed by atoms with van der Waals surface area (Å²) in [6.07, 6.45) is 11.8. The molecule has 2 aliphatic heterocycles. The average Bonchev–Trinajstić information content (AvgIpc) is 2.96. The molecule has 1 saturated carbocycles. The quantitative estimate of drug-likeness (QED) is 0.282. The Morgan fingerprint density at radius 3 is 2.71 bits per heavy atom. The highest BCUT2D eigenvalue weighted by Gasteiger charge is 2.24. The molecule has 8 nitrogen and oxygen atoms in total. The van der Waals surface area contributed by atoms with Crippen LogP contribution in [0.3, 0.4) is 0 Å². The molecule has 0 spiro atoms. The monoisotopic (exact) mass is 511 g/mol. The molecule has 2 aromatic rings. The van der Waals surface area contributed by atoms with Crippen LogP contribution >= 0.6 is 0 Å². The van der Waals surface area contributed by atoms with E-state index in [0.29, 0.717) is 41.9 Å². The molecule has 1 amide bonds. The van der Waals surface area contributed by atoms with Crippen molar-refractivity contribution in [3.05, 3.63) is 70.9 Å². The smallest absolute Gasteiger partial charge is 0.275 e. The minimum Gasteiger partial charge on any atom is -0.314 e. The van der Waals surface area contributed by atoms with Gasteiger partial charge in [-0.3, -0.25) is 25.5 Å². The normalized spacial score (nSPS) is 18.4. The second-order valence-corrected chi connectivity index (χ2v) is 10.6. The first-order chi connectivity index (χ1) is 18.5. The Labute approximate surface area is 224 Å². The van der Waals surface area contributed by atoms with Gasteiger partial charge >= 0.3 is 0 Å². The predicted octanol–water partition coefficient (Wildman–Crippen LogP) is 5.17. The lowest BCUT2D eigenvalue weighted by Crippen LogP contribution is -2.40. The van der Waals surface area contributed by atoms with E-state index >= 15 is 0 Å². The van der Waals surface area contributed by atoms with Gasteiger partial charge in [-0.1, -0.05) is 31.9 Å². The first-order valence-corrected chi connectivity index (χ1v) is 13.8. The number of piperidine rings is 1. The number of rotatable bonds is 6. The Hall–Kier alpha value is -3.61. The number of nitrogens with one attached hydrogen (secondary N) is 3. The van der Waals surface area contributed by atoms with Crippen LogP contribution in [0.1, 0.15) is 78.7 Å². The topological polar surface area (TPSA) is 109 Å². The molecule has 3 N–H and O–H groups in total. The van der Waals surface area contributed by atoms with Crippen LogP contribution in [0.4, 0.5) is 5.82 Å². The molecule has 3 aliphatic rings. The van der Waals surface area contributed by atoms with Crippen LogP contribution in [0.5, 0.6) is 0 Å². The van der Waals surface area contributed by atoms with Gasteiger partial charge in [0.1, 0.15) is 23.0 Å². The Morgan fingerprint density at radius 2 is 1.92 bits per heavy atom. The molecule has 4 heterocycles. The second kappa shape index (κ2) is 11.8. The van der Waals surface area contributed by atoms with E-state index in [1.54, 1.807) is 23.1 Å². The first-order valence-electron chi connectivity index (χ1n) is 13.8. The fourth-order valence-corrected chi connectivity index (χ4v) is 5.81. The molecule has 1 saturated heterocycles. The lowest BCUT2D eigenvalue weighted by atomic mass is 9.83. The molecular formula is C30H37N7O. The molecule has 2 fully saturated rings. The summed E-state index contributed by atoms with van der Waals surface area (Å²) in [5, 5.41) is 19.5. The minimum absolute atomic E-state index is 0.193. The van der Waals surface area contributed by atoms with Crippen LogP contribution in [0.25, 0.3) is 0 Å². The van der Waals surface area contributed by atoms with Gasteiger partial charge in [-0.25, -0.2) is 4.98 Å². The predicted molar refractivity (Wildman–Crippen MR) is 150 cm³/mol. The maximum Gasteiger partial charge on any atom is 0.275 e. The van der Waals surface area contributed by atoms with E-state index in [1.165, 1.54) is 43.2 Å². The lowest BCUT2D eigenvalue weighted by Gasteiger charge is -2.32. The van der Waals surface area contributed by atoms with Gasteiger partial charge in [-0.2, -0.15) is 0 Å². The minimum atomic E-state index is -0.319. The summed E-state index contributed by atoms with van der Waals surface area (Å²) < 4.78 is 0. The zero-order chi connectivity index (χ0) is 26.5. The van der Waals surface area contributed by atoms with E-state index in [4.69, 9.17) is 10.8 Å².